The van der Waals surface area contributed by atoms with Crippen LogP contribution in [0.2, 0.25) is 0 Å². The Morgan fingerprint density at radius 3 is 3.45 bits per heavy atom. The van der Waals surface area contributed by atoms with E-state index in [1.54, 1.807) is 17.8 Å². The third-order valence-corrected chi connectivity index (χ3v) is 8.71. The molecule has 1 aromatic rings. The van der Waals surface area contributed by atoms with Crippen molar-refractivity contribution in [2.75, 3.05) is 5.75 Å². The summed E-state index contributed by atoms with van der Waals surface area (Å²) in [5.41, 5.74) is 0. The maximum atomic E-state index is 2.44. The average Bonchev–Trinajstić information content (AvgIpc) is 2.52. The minimum absolute atomic E-state index is 0.168. The molecule has 54 valence electrons. The Kier molecular flexibility index (Phi) is 1.43. The fourth-order valence-electron chi connectivity index (χ4n) is 1.51. The number of fused-ring (bicyclic) bond motifs is 2. The molecule has 0 bridgehead atoms. The van der Waals surface area contributed by atoms with Crippen LogP contribution >= 0.6 is 23.1 Å². The summed E-state index contributed by atoms with van der Waals surface area (Å²) in [6.45, 7) is 0. The summed E-state index contributed by atoms with van der Waals surface area (Å²) in [5, 5.41) is 3.83. The van der Waals surface area contributed by atoms with Crippen LogP contribution in [0.3, 0.4) is 0 Å². The van der Waals surface area contributed by atoms with Crippen molar-refractivity contribution in [3.63, 3.8) is 0 Å². The Hall–Kier alpha value is 0.203. The zero-order valence-corrected chi connectivity index (χ0v) is 9.89. The quantitative estimate of drug-likeness (QED) is 0.612. The first-order chi connectivity index (χ1) is 5.45. The summed E-state index contributed by atoms with van der Waals surface area (Å²) < 4.78 is 3.46. The third-order valence-electron chi connectivity index (χ3n) is 2.02. The van der Waals surface area contributed by atoms with Gasteiger partial charge in [-0.05, 0) is 0 Å². The van der Waals surface area contributed by atoms with E-state index in [2.05, 4.69) is 17.5 Å². The SMILES string of the molecule is C1=[C]2[GeH]=[c]3sccc3=C2SC1. The fourth-order valence-corrected chi connectivity index (χ4v) is 8.81. The number of thioether (sulfide) groups is 1. The summed E-state index contributed by atoms with van der Waals surface area (Å²) in [5.74, 6) is 1.23. The monoisotopic (exact) mass is 240 g/mol. The van der Waals surface area contributed by atoms with Gasteiger partial charge in [-0.25, -0.2) is 0 Å². The van der Waals surface area contributed by atoms with Crippen molar-refractivity contribution in [1.29, 1.82) is 0 Å². The number of thiophene rings is 1. The van der Waals surface area contributed by atoms with Gasteiger partial charge in [-0.1, -0.05) is 0 Å². The Balaban J connectivity index is 2.55. The van der Waals surface area contributed by atoms with Gasteiger partial charge in [-0.15, -0.1) is 0 Å². The van der Waals surface area contributed by atoms with Gasteiger partial charge in [0.15, 0.2) is 0 Å². The van der Waals surface area contributed by atoms with Crippen LogP contribution in [0.15, 0.2) is 21.9 Å². The van der Waals surface area contributed by atoms with Gasteiger partial charge >= 0.3 is 79.2 Å². The van der Waals surface area contributed by atoms with Crippen molar-refractivity contribution < 1.29 is 0 Å². The molecule has 0 nitrogen and oxygen atoms in total. The molecule has 11 heavy (non-hydrogen) atoms. The zero-order valence-electron chi connectivity index (χ0n) is 5.83. The van der Waals surface area contributed by atoms with Crippen LogP contribution in [0.5, 0.6) is 0 Å². The number of hydrogen-bond acceptors (Lipinski definition) is 2. The molecule has 2 aliphatic rings. The van der Waals surface area contributed by atoms with Gasteiger partial charge in [0.25, 0.3) is 0 Å². The van der Waals surface area contributed by atoms with E-state index < -0.39 is 0 Å². The first kappa shape index (κ1) is 6.69. The van der Waals surface area contributed by atoms with Gasteiger partial charge in [-0.2, -0.15) is 0 Å². The summed E-state index contributed by atoms with van der Waals surface area (Å²) in [6, 6.07) is 2.30. The van der Waals surface area contributed by atoms with Crippen molar-refractivity contribution in [3.8, 4) is 0 Å². The van der Waals surface area contributed by atoms with E-state index in [0.717, 1.165) is 0 Å². The molecule has 1 aromatic heterocycles. The molecule has 0 radical (unpaired) electrons. The minimum atomic E-state index is -0.168. The van der Waals surface area contributed by atoms with Crippen molar-refractivity contribution in [2.24, 2.45) is 0 Å². The molecule has 0 aromatic carbocycles. The van der Waals surface area contributed by atoms with E-state index in [0.29, 0.717) is 0 Å². The molecule has 0 N–H and O–H groups in total. The van der Waals surface area contributed by atoms with Gasteiger partial charge in [0.2, 0.25) is 0 Å². The van der Waals surface area contributed by atoms with Crippen LogP contribution in [0.1, 0.15) is 0 Å². The van der Waals surface area contributed by atoms with Gasteiger partial charge in [0.05, 0.1) is 0 Å². The van der Waals surface area contributed by atoms with Crippen LogP contribution < -0.4 is 5.22 Å². The van der Waals surface area contributed by atoms with E-state index in [4.69, 9.17) is 0 Å². The van der Waals surface area contributed by atoms with Crippen LogP contribution in [-0.2, 0) is 0 Å². The van der Waals surface area contributed by atoms with Gasteiger partial charge in [0.1, 0.15) is 0 Å². The normalized spacial score (nSPS) is 19.3. The second-order valence-corrected chi connectivity index (χ2v) is 8.62. The Morgan fingerprint density at radius 1 is 1.45 bits per heavy atom. The van der Waals surface area contributed by atoms with E-state index in [1.807, 2.05) is 23.1 Å². The molecule has 3 heterocycles. The van der Waals surface area contributed by atoms with E-state index >= 15 is 0 Å². The molecular weight excluding hydrogens is 233 g/mol. The van der Waals surface area contributed by atoms with E-state index in [9.17, 15) is 0 Å². The molecule has 0 spiro atoms. The zero-order chi connectivity index (χ0) is 7.26. The molecule has 3 rings (SSSR count). The summed E-state index contributed by atoms with van der Waals surface area (Å²) in [6.07, 6.45) is 2.44. The summed E-state index contributed by atoms with van der Waals surface area (Å²) in [7, 11) is 0. The standard InChI is InChI=1S/C8H6GeS2/c1-3-11-8-5(1)7-6(9-8)2-4-10-7/h1-3,9H,4H2. The van der Waals surface area contributed by atoms with E-state index in [1.165, 1.54) is 5.75 Å². The van der Waals surface area contributed by atoms with Crippen molar-refractivity contribution in [2.45, 2.75) is 0 Å². The Bertz CT molecular complexity index is 453. The van der Waals surface area contributed by atoms with Crippen molar-refractivity contribution in [1.82, 2.24) is 0 Å². The Labute approximate surface area is 79.0 Å². The first-order valence-electron chi connectivity index (χ1n) is 3.58. The van der Waals surface area contributed by atoms with E-state index in [-0.39, 0.29) is 15.0 Å². The summed E-state index contributed by atoms with van der Waals surface area (Å²) in [4.78, 5) is 1.63. The molecule has 2 aliphatic heterocycles. The van der Waals surface area contributed by atoms with Gasteiger partial charge in [-0.3, -0.25) is 0 Å². The second-order valence-electron chi connectivity index (χ2n) is 2.64. The van der Waals surface area contributed by atoms with Crippen LogP contribution in [0.4, 0.5) is 0 Å². The van der Waals surface area contributed by atoms with Crippen molar-refractivity contribution >= 4 is 43.0 Å². The molecule has 3 heteroatoms. The van der Waals surface area contributed by atoms with Crippen LogP contribution in [0, 0.1) is 3.31 Å². The predicted molar refractivity (Wildman–Crippen MR) is 53.9 cm³/mol. The number of hydrogen-bond donors (Lipinski definition) is 0. The number of rotatable bonds is 0. The van der Waals surface area contributed by atoms with Crippen LogP contribution in [-0.4, -0.2) is 20.7 Å². The molecule has 0 aliphatic carbocycles. The summed E-state index contributed by atoms with van der Waals surface area (Å²) >= 11 is 3.83. The van der Waals surface area contributed by atoms with Gasteiger partial charge in [0, 0.05) is 0 Å². The average molecular weight is 239 g/mol. The molecular formula is C8H6GeS2. The molecule has 0 saturated heterocycles. The second kappa shape index (κ2) is 2.34. The predicted octanol–water partition coefficient (Wildman–Crippen LogP) is 1.19. The van der Waals surface area contributed by atoms with Crippen molar-refractivity contribution in [3.05, 3.63) is 30.5 Å². The molecule has 0 unspecified atom stereocenters. The molecule has 0 fully saturated rings. The molecule has 0 atom stereocenters. The van der Waals surface area contributed by atoms with Crippen LogP contribution in [0.25, 0.3) is 4.91 Å². The third kappa shape index (κ3) is 0.863. The maximum absolute atomic E-state index is 2.44. The fraction of sp³-hybridized carbons (Fsp3) is 0.125. The molecule has 0 amide bonds. The van der Waals surface area contributed by atoms with Gasteiger partial charge < -0.3 is 0 Å². The molecule has 0 saturated carbocycles. The topological polar surface area (TPSA) is 0 Å². The Morgan fingerprint density at radius 2 is 2.45 bits per heavy atom. The first-order valence-corrected chi connectivity index (χ1v) is 7.87.